The van der Waals surface area contributed by atoms with Crippen LogP contribution in [0.5, 0.6) is 11.5 Å². The fourth-order valence-corrected chi connectivity index (χ4v) is 4.54. The first-order valence-corrected chi connectivity index (χ1v) is 14.2. The second-order valence-electron chi connectivity index (χ2n) is 8.86. The SMILES string of the molecule is NCS(=O)(=O)CCNCc1ccc(-c2cc3c(Nc4ccc(Oc5ccccc5)cc4)ncnc3cn2)cc1. The van der Waals surface area contributed by atoms with Gasteiger partial charge in [-0.05, 0) is 48.0 Å². The maximum absolute atomic E-state index is 11.5. The number of nitrogens with two attached hydrogens (primary N) is 1. The van der Waals surface area contributed by atoms with Crippen molar-refractivity contribution in [1.29, 1.82) is 0 Å². The predicted octanol–water partition coefficient (Wildman–Crippen LogP) is 4.65. The molecule has 0 spiro atoms. The van der Waals surface area contributed by atoms with Crippen molar-refractivity contribution < 1.29 is 13.2 Å². The lowest BCUT2D eigenvalue weighted by atomic mass is 10.1. The summed E-state index contributed by atoms with van der Waals surface area (Å²) >= 11 is 0. The number of hydrogen-bond donors (Lipinski definition) is 3. The average Bonchev–Trinajstić information content (AvgIpc) is 2.97. The Labute approximate surface area is 227 Å². The molecule has 2 heterocycles. The normalized spacial score (nSPS) is 11.4. The van der Waals surface area contributed by atoms with Crippen LogP contribution in [0.3, 0.4) is 0 Å². The Kier molecular flexibility index (Phi) is 8.07. The highest BCUT2D eigenvalue weighted by atomic mass is 32.2. The predicted molar refractivity (Wildman–Crippen MR) is 154 cm³/mol. The Balaban J connectivity index is 1.27. The smallest absolute Gasteiger partial charge is 0.164 e. The van der Waals surface area contributed by atoms with E-state index in [1.807, 2.05) is 84.9 Å². The third-order valence-electron chi connectivity index (χ3n) is 6.04. The molecular weight excluding hydrogens is 512 g/mol. The molecule has 3 aromatic carbocycles. The molecule has 0 aliphatic rings. The van der Waals surface area contributed by atoms with E-state index < -0.39 is 9.84 Å². The molecule has 0 saturated heterocycles. The minimum atomic E-state index is -3.19. The van der Waals surface area contributed by atoms with Crippen LogP contribution >= 0.6 is 0 Å². The molecule has 0 unspecified atom stereocenters. The van der Waals surface area contributed by atoms with Crippen LogP contribution in [-0.2, 0) is 16.4 Å². The van der Waals surface area contributed by atoms with E-state index in [0.29, 0.717) is 18.9 Å². The Morgan fingerprint density at radius 1 is 0.846 bits per heavy atom. The zero-order valence-electron chi connectivity index (χ0n) is 21.1. The summed E-state index contributed by atoms with van der Waals surface area (Å²) in [4.78, 5) is 13.4. The topological polar surface area (TPSA) is 132 Å². The fraction of sp³-hybridized carbons (Fsp3) is 0.138. The largest absolute Gasteiger partial charge is 0.457 e. The zero-order chi connectivity index (χ0) is 27.1. The molecule has 9 nitrogen and oxygen atoms in total. The van der Waals surface area contributed by atoms with Gasteiger partial charge in [-0.3, -0.25) is 4.98 Å². The molecule has 0 amide bonds. The van der Waals surface area contributed by atoms with Crippen LogP contribution in [0.15, 0.2) is 97.5 Å². The van der Waals surface area contributed by atoms with Gasteiger partial charge < -0.3 is 21.1 Å². The van der Waals surface area contributed by atoms with E-state index in [1.165, 1.54) is 6.33 Å². The van der Waals surface area contributed by atoms with Crippen LogP contribution in [0.25, 0.3) is 22.2 Å². The van der Waals surface area contributed by atoms with Crippen molar-refractivity contribution in [3.05, 3.63) is 103 Å². The first-order chi connectivity index (χ1) is 19.0. The van der Waals surface area contributed by atoms with Gasteiger partial charge in [0.15, 0.2) is 9.84 Å². The first-order valence-electron chi connectivity index (χ1n) is 12.4. The van der Waals surface area contributed by atoms with Gasteiger partial charge in [0.05, 0.1) is 29.0 Å². The van der Waals surface area contributed by atoms with E-state index in [0.717, 1.165) is 44.9 Å². The molecule has 0 bridgehead atoms. The first kappa shape index (κ1) is 26.2. The summed E-state index contributed by atoms with van der Waals surface area (Å²) in [5.74, 6) is 1.88. The molecule has 10 heteroatoms. The summed E-state index contributed by atoms with van der Waals surface area (Å²) in [5, 5.41) is 7.36. The maximum atomic E-state index is 11.5. The van der Waals surface area contributed by atoms with Crippen LogP contribution in [-0.4, -0.2) is 41.5 Å². The van der Waals surface area contributed by atoms with E-state index in [1.54, 1.807) is 6.20 Å². The molecule has 0 radical (unpaired) electrons. The van der Waals surface area contributed by atoms with E-state index in [2.05, 4.69) is 25.6 Å². The quantitative estimate of drug-likeness (QED) is 0.205. The summed E-state index contributed by atoms with van der Waals surface area (Å²) in [6.07, 6.45) is 3.25. The van der Waals surface area contributed by atoms with Gasteiger partial charge in [-0.25, -0.2) is 18.4 Å². The summed E-state index contributed by atoms with van der Waals surface area (Å²) in [6, 6.07) is 27.2. The van der Waals surface area contributed by atoms with Crippen LogP contribution < -0.4 is 21.1 Å². The Morgan fingerprint density at radius 3 is 2.33 bits per heavy atom. The van der Waals surface area contributed by atoms with Crippen molar-refractivity contribution in [2.24, 2.45) is 5.73 Å². The molecule has 5 aromatic rings. The van der Waals surface area contributed by atoms with Crippen LogP contribution in [0.2, 0.25) is 0 Å². The number of sulfone groups is 1. The summed E-state index contributed by atoms with van der Waals surface area (Å²) in [7, 11) is -3.19. The number of fused-ring (bicyclic) bond motifs is 1. The number of benzene rings is 3. The zero-order valence-corrected chi connectivity index (χ0v) is 21.9. The molecule has 0 fully saturated rings. The number of hydrogen-bond acceptors (Lipinski definition) is 9. The molecule has 0 aliphatic carbocycles. The van der Waals surface area contributed by atoms with Crippen LogP contribution in [0, 0.1) is 0 Å². The third kappa shape index (κ3) is 6.94. The van der Waals surface area contributed by atoms with Gasteiger partial charge in [-0.2, -0.15) is 0 Å². The minimum Gasteiger partial charge on any atom is -0.457 e. The van der Waals surface area contributed by atoms with E-state index in [4.69, 9.17) is 10.5 Å². The lowest BCUT2D eigenvalue weighted by Gasteiger charge is -2.11. The molecule has 39 heavy (non-hydrogen) atoms. The van der Waals surface area contributed by atoms with Crippen molar-refractivity contribution in [3.63, 3.8) is 0 Å². The lowest BCUT2D eigenvalue weighted by Crippen LogP contribution is -2.26. The molecular formula is C29H28N6O3S. The second-order valence-corrected chi connectivity index (χ2v) is 11.1. The summed E-state index contributed by atoms with van der Waals surface area (Å²) in [5.41, 5.74) is 9.62. The van der Waals surface area contributed by atoms with Gasteiger partial charge >= 0.3 is 0 Å². The highest BCUT2D eigenvalue weighted by Gasteiger charge is 2.09. The Morgan fingerprint density at radius 2 is 1.59 bits per heavy atom. The van der Waals surface area contributed by atoms with Crippen molar-refractivity contribution in [2.45, 2.75) is 6.54 Å². The van der Waals surface area contributed by atoms with Gasteiger partial charge in [-0.1, -0.05) is 42.5 Å². The molecule has 0 saturated carbocycles. The van der Waals surface area contributed by atoms with E-state index >= 15 is 0 Å². The van der Waals surface area contributed by atoms with Crippen molar-refractivity contribution in [2.75, 3.05) is 23.5 Å². The van der Waals surface area contributed by atoms with Gasteiger partial charge in [0.25, 0.3) is 0 Å². The van der Waals surface area contributed by atoms with E-state index in [9.17, 15) is 8.42 Å². The number of nitrogens with one attached hydrogen (secondary N) is 2. The number of anilines is 2. The molecule has 4 N–H and O–H groups in total. The van der Waals surface area contributed by atoms with Gasteiger partial charge in [0, 0.05) is 29.7 Å². The highest BCUT2D eigenvalue weighted by Crippen LogP contribution is 2.28. The van der Waals surface area contributed by atoms with Gasteiger partial charge in [0.2, 0.25) is 0 Å². The Bertz CT molecular complexity index is 1650. The minimum absolute atomic E-state index is 0.0205. The monoisotopic (exact) mass is 540 g/mol. The highest BCUT2D eigenvalue weighted by molar-refractivity contribution is 7.91. The third-order valence-corrected chi connectivity index (χ3v) is 7.37. The maximum Gasteiger partial charge on any atom is 0.164 e. The van der Waals surface area contributed by atoms with Gasteiger partial charge in [-0.15, -0.1) is 0 Å². The fourth-order valence-electron chi connectivity index (χ4n) is 3.92. The standard InChI is InChI=1S/C29H28N6O3S/c30-19-39(36,37)15-14-31-17-21-6-8-22(9-7-21)27-16-26-28(18-32-27)33-20-34-29(26)35-23-10-12-25(13-11-23)38-24-4-2-1-3-5-24/h1-13,16,18,20,31H,14-15,17,19,30H2,(H,33,34,35). The summed E-state index contributed by atoms with van der Waals surface area (Å²) < 4.78 is 28.9. The summed E-state index contributed by atoms with van der Waals surface area (Å²) in [6.45, 7) is 0.911. The van der Waals surface area contributed by atoms with Crippen molar-refractivity contribution >= 4 is 32.2 Å². The van der Waals surface area contributed by atoms with Crippen LogP contribution in [0.4, 0.5) is 11.5 Å². The van der Waals surface area contributed by atoms with E-state index in [-0.39, 0.29) is 11.6 Å². The van der Waals surface area contributed by atoms with Crippen LogP contribution in [0.1, 0.15) is 5.56 Å². The number of nitrogens with zero attached hydrogens (tertiary/aromatic N) is 3. The number of aromatic nitrogens is 3. The average molecular weight is 541 g/mol. The van der Waals surface area contributed by atoms with Crippen molar-refractivity contribution in [1.82, 2.24) is 20.3 Å². The molecule has 198 valence electrons. The molecule has 0 atom stereocenters. The number of rotatable bonds is 11. The van der Waals surface area contributed by atoms with Gasteiger partial charge in [0.1, 0.15) is 23.6 Å². The second kappa shape index (κ2) is 12.0. The molecule has 2 aromatic heterocycles. The lowest BCUT2D eigenvalue weighted by molar-refractivity contribution is 0.483. The molecule has 5 rings (SSSR count). The number of para-hydroxylation sites is 1. The number of ether oxygens (including phenoxy) is 1. The van der Waals surface area contributed by atoms with Crippen molar-refractivity contribution in [3.8, 4) is 22.8 Å². The Hall–Kier alpha value is -4.38. The molecule has 0 aliphatic heterocycles. The number of pyridine rings is 1.